The highest BCUT2D eigenvalue weighted by Crippen LogP contribution is 2.56. The van der Waals surface area contributed by atoms with Crippen LogP contribution in [-0.4, -0.2) is 25.0 Å². The first-order valence-corrected chi connectivity index (χ1v) is 14.2. The van der Waals surface area contributed by atoms with E-state index in [0.717, 1.165) is 48.7 Å². The van der Waals surface area contributed by atoms with Gasteiger partial charge in [-0.25, -0.2) is 4.98 Å². The molecule has 2 saturated carbocycles. The topological polar surface area (TPSA) is 60.9 Å². The van der Waals surface area contributed by atoms with E-state index in [-0.39, 0.29) is 16.2 Å². The lowest BCUT2D eigenvalue weighted by molar-refractivity contribution is 0.139. The quantitative estimate of drug-likeness (QED) is 0.417. The van der Waals surface area contributed by atoms with Crippen molar-refractivity contribution in [1.82, 2.24) is 14.7 Å². The zero-order valence-electron chi connectivity index (χ0n) is 19.5. The largest absolute Gasteiger partial charge is 0.598 e. The van der Waals surface area contributed by atoms with Crippen molar-refractivity contribution in [3.63, 3.8) is 0 Å². The Kier molecular flexibility index (Phi) is 6.34. The maximum Gasteiger partial charge on any atom is 0.136 e. The van der Waals surface area contributed by atoms with Gasteiger partial charge in [0.2, 0.25) is 0 Å². The molecule has 1 spiro atoms. The summed E-state index contributed by atoms with van der Waals surface area (Å²) in [6.45, 7) is 6.14. The molecular formula is C26H35N3OS2. The van der Waals surface area contributed by atoms with Crippen LogP contribution < -0.4 is 4.72 Å². The smallest absolute Gasteiger partial charge is 0.136 e. The van der Waals surface area contributed by atoms with Gasteiger partial charge in [0.15, 0.2) is 0 Å². The van der Waals surface area contributed by atoms with E-state index in [9.17, 15) is 4.55 Å². The molecule has 6 heteroatoms. The van der Waals surface area contributed by atoms with E-state index in [1.54, 1.807) is 0 Å². The van der Waals surface area contributed by atoms with Gasteiger partial charge < -0.3 is 4.55 Å². The van der Waals surface area contributed by atoms with E-state index < -0.39 is 11.4 Å². The summed E-state index contributed by atoms with van der Waals surface area (Å²) < 4.78 is 16.3. The van der Waals surface area contributed by atoms with E-state index >= 15 is 0 Å². The van der Waals surface area contributed by atoms with Crippen LogP contribution in [0.25, 0.3) is 0 Å². The summed E-state index contributed by atoms with van der Waals surface area (Å²) in [7, 11) is 0. The molecule has 1 N–H and O–H groups in total. The van der Waals surface area contributed by atoms with Crippen LogP contribution in [0.5, 0.6) is 0 Å². The molecule has 3 aliphatic rings. The minimum atomic E-state index is -1.09. The zero-order valence-corrected chi connectivity index (χ0v) is 21.1. The second kappa shape index (κ2) is 8.94. The van der Waals surface area contributed by atoms with Crippen molar-refractivity contribution in [3.8, 4) is 0 Å². The fraction of sp³-hybridized carbons (Fsp3) is 0.615. The molecule has 1 aromatic heterocycles. The molecule has 32 heavy (non-hydrogen) atoms. The van der Waals surface area contributed by atoms with Crippen molar-refractivity contribution >= 4 is 23.1 Å². The molecular weight excluding hydrogens is 434 g/mol. The Morgan fingerprint density at radius 1 is 1.09 bits per heavy atom. The molecule has 3 aliphatic carbocycles. The summed E-state index contributed by atoms with van der Waals surface area (Å²) in [5.41, 5.74) is 4.06. The Bertz CT molecular complexity index is 931. The van der Waals surface area contributed by atoms with Gasteiger partial charge in [-0.15, -0.1) is 16.5 Å². The van der Waals surface area contributed by atoms with Crippen LogP contribution in [0.4, 0.5) is 0 Å². The lowest BCUT2D eigenvalue weighted by Crippen LogP contribution is -2.46. The van der Waals surface area contributed by atoms with Crippen LogP contribution in [0.1, 0.15) is 88.1 Å². The predicted molar refractivity (Wildman–Crippen MR) is 133 cm³/mol. The minimum Gasteiger partial charge on any atom is -0.598 e. The molecule has 5 rings (SSSR count). The zero-order chi connectivity index (χ0) is 22.3. The molecule has 2 fully saturated rings. The lowest BCUT2D eigenvalue weighted by Gasteiger charge is -2.42. The Morgan fingerprint density at radius 3 is 2.50 bits per heavy atom. The highest BCUT2D eigenvalue weighted by Gasteiger charge is 2.50. The average molecular weight is 470 g/mol. The summed E-state index contributed by atoms with van der Waals surface area (Å²) in [5, 5.41) is 1.06. The first-order valence-electron chi connectivity index (χ1n) is 12.0. The van der Waals surface area contributed by atoms with Gasteiger partial charge in [0.05, 0.1) is 17.9 Å². The molecule has 2 atom stereocenters. The standard InChI is InChI=1S/C26H35N3OS2/c1-25(2,3)32(30)29-24-21-7-5-4-6-20(21)14-26(24)12-10-19(11-13-26)22-15-28-23(16-27-22)31-17-18-8-9-18/h4-7,15-16,18-19,24,29H,8-14,17H2,1-3H3. The molecule has 4 nitrogen and oxygen atoms in total. The molecule has 0 amide bonds. The number of aromatic nitrogens is 2. The van der Waals surface area contributed by atoms with Crippen LogP contribution in [0, 0.1) is 11.3 Å². The lowest BCUT2D eigenvalue weighted by atomic mass is 9.66. The van der Waals surface area contributed by atoms with E-state index in [1.165, 1.54) is 29.7 Å². The van der Waals surface area contributed by atoms with Gasteiger partial charge in [0.25, 0.3) is 0 Å². The van der Waals surface area contributed by atoms with Gasteiger partial charge >= 0.3 is 0 Å². The predicted octanol–water partition coefficient (Wildman–Crippen LogP) is 5.97. The number of rotatable bonds is 6. The molecule has 1 aromatic carbocycles. The van der Waals surface area contributed by atoms with Crippen molar-refractivity contribution in [3.05, 3.63) is 53.5 Å². The summed E-state index contributed by atoms with van der Waals surface area (Å²) >= 11 is 0.766. The van der Waals surface area contributed by atoms with Gasteiger partial charge in [-0.05, 0) is 88.2 Å². The first kappa shape index (κ1) is 22.7. The summed E-state index contributed by atoms with van der Waals surface area (Å²) in [6.07, 6.45) is 12.3. The molecule has 1 heterocycles. The van der Waals surface area contributed by atoms with E-state index in [1.807, 2.05) is 44.9 Å². The number of fused-ring (bicyclic) bond motifs is 1. The van der Waals surface area contributed by atoms with Gasteiger partial charge in [-0.1, -0.05) is 24.3 Å². The van der Waals surface area contributed by atoms with Crippen LogP contribution in [-0.2, 0) is 17.8 Å². The average Bonchev–Trinajstić information content (AvgIpc) is 3.57. The molecule has 0 bridgehead atoms. The van der Waals surface area contributed by atoms with Crippen LogP contribution in [0.2, 0.25) is 0 Å². The maximum absolute atomic E-state index is 13.1. The summed E-state index contributed by atoms with van der Waals surface area (Å²) in [6, 6.07) is 8.91. The summed E-state index contributed by atoms with van der Waals surface area (Å²) in [4.78, 5) is 9.51. The number of hydrogen-bond donors (Lipinski definition) is 1. The van der Waals surface area contributed by atoms with Crippen LogP contribution >= 0.6 is 11.8 Å². The summed E-state index contributed by atoms with van der Waals surface area (Å²) in [5.74, 6) is 2.57. The Hall–Kier alpha value is -1.08. The molecule has 0 radical (unpaired) electrons. The van der Waals surface area contributed by atoms with Crippen LogP contribution in [0.3, 0.4) is 0 Å². The monoisotopic (exact) mass is 469 g/mol. The third-order valence-electron chi connectivity index (χ3n) is 7.51. The van der Waals surface area contributed by atoms with Gasteiger partial charge in [-0.2, -0.15) is 0 Å². The van der Waals surface area contributed by atoms with E-state index in [2.05, 4.69) is 29.0 Å². The van der Waals surface area contributed by atoms with Crippen molar-refractivity contribution in [2.45, 2.75) is 87.4 Å². The molecule has 2 aromatic rings. The number of nitrogens with zero attached hydrogens (tertiary/aromatic N) is 2. The molecule has 0 aliphatic heterocycles. The number of benzene rings is 1. The second-order valence-corrected chi connectivity index (χ2v) is 14.0. The maximum atomic E-state index is 13.1. The second-order valence-electron chi connectivity index (χ2n) is 11.0. The van der Waals surface area contributed by atoms with Crippen molar-refractivity contribution in [2.75, 3.05) is 5.75 Å². The molecule has 0 saturated heterocycles. The van der Waals surface area contributed by atoms with E-state index in [0.29, 0.717) is 5.92 Å². The normalized spacial score (nSPS) is 28.6. The minimum absolute atomic E-state index is 0.147. The van der Waals surface area contributed by atoms with Crippen molar-refractivity contribution in [1.29, 1.82) is 0 Å². The number of thioether (sulfide) groups is 1. The Labute approximate surface area is 200 Å². The Balaban J connectivity index is 1.28. The third-order valence-corrected chi connectivity index (χ3v) is 10.2. The van der Waals surface area contributed by atoms with Crippen molar-refractivity contribution < 1.29 is 4.55 Å². The van der Waals surface area contributed by atoms with Crippen molar-refractivity contribution in [2.24, 2.45) is 11.3 Å². The van der Waals surface area contributed by atoms with Gasteiger partial charge in [0, 0.05) is 29.2 Å². The van der Waals surface area contributed by atoms with E-state index in [4.69, 9.17) is 9.97 Å². The highest BCUT2D eigenvalue weighted by atomic mass is 32.2. The molecule has 172 valence electrons. The number of hydrogen-bond acceptors (Lipinski definition) is 5. The van der Waals surface area contributed by atoms with Crippen LogP contribution in [0.15, 0.2) is 41.7 Å². The fourth-order valence-corrected chi connectivity index (χ4v) is 7.25. The SMILES string of the molecule is CC(C)(C)[S+]([O-])NC1c2ccccc2CC12CCC(c1cnc(SCC3CC3)cn1)CC2. The molecule has 2 unspecified atom stereocenters. The van der Waals surface area contributed by atoms with Gasteiger partial charge in [0.1, 0.15) is 9.77 Å². The third kappa shape index (κ3) is 4.75. The highest BCUT2D eigenvalue weighted by molar-refractivity contribution is 7.99. The Morgan fingerprint density at radius 2 is 1.84 bits per heavy atom. The first-order chi connectivity index (χ1) is 15.3. The van der Waals surface area contributed by atoms with Gasteiger partial charge in [-0.3, -0.25) is 4.98 Å². The number of nitrogens with one attached hydrogen (secondary N) is 1. The fourth-order valence-electron chi connectivity index (χ4n) is 5.31.